The smallest absolute Gasteiger partial charge is 0.301 e. The molecule has 0 aliphatic carbocycles. The summed E-state index contributed by atoms with van der Waals surface area (Å²) in [5, 5.41) is 4.36. The number of benzene rings is 2. The van der Waals surface area contributed by atoms with Crippen LogP contribution < -0.4 is 0 Å². The Morgan fingerprint density at radius 3 is 2.64 bits per heavy atom. The fraction of sp³-hybridized carbons (Fsp3) is 0.292. The maximum atomic E-state index is 14.3. The number of alkyl halides is 4. The number of amides is 2. The number of carbonyl (C=O) groups excluding carboxylic acids is 2. The van der Waals surface area contributed by atoms with Gasteiger partial charge in [0.05, 0.1) is 34.8 Å². The van der Waals surface area contributed by atoms with Gasteiger partial charge in [-0.1, -0.05) is 23.7 Å². The zero-order valence-electron chi connectivity index (χ0n) is 18.8. The number of likely N-dealkylation sites (tertiary alicyclic amines) is 1. The largest absolute Gasteiger partial charge is 0.416 e. The fourth-order valence-electron chi connectivity index (χ4n) is 4.52. The van der Waals surface area contributed by atoms with Gasteiger partial charge in [0.15, 0.2) is 0 Å². The van der Waals surface area contributed by atoms with E-state index in [2.05, 4.69) is 5.10 Å². The first kappa shape index (κ1) is 24.8. The first-order valence-electron chi connectivity index (χ1n) is 10.9. The van der Waals surface area contributed by atoms with E-state index in [0.29, 0.717) is 16.5 Å². The van der Waals surface area contributed by atoms with Gasteiger partial charge in [-0.3, -0.25) is 19.2 Å². The van der Waals surface area contributed by atoms with Crippen LogP contribution in [0.25, 0.3) is 17.0 Å². The molecule has 5 rings (SSSR count). The highest BCUT2D eigenvalue weighted by Crippen LogP contribution is 2.37. The molecule has 1 aromatic heterocycles. The monoisotopic (exact) mass is 538 g/mol. The lowest BCUT2D eigenvalue weighted by Gasteiger charge is -2.21. The van der Waals surface area contributed by atoms with Crippen LogP contribution >= 0.6 is 23.4 Å². The van der Waals surface area contributed by atoms with Gasteiger partial charge in [-0.15, -0.1) is 0 Å². The van der Waals surface area contributed by atoms with Gasteiger partial charge in [0.25, 0.3) is 11.1 Å². The van der Waals surface area contributed by atoms with E-state index in [-0.39, 0.29) is 35.1 Å². The van der Waals surface area contributed by atoms with Crippen LogP contribution in [-0.4, -0.2) is 63.1 Å². The number of likely N-dealkylation sites (N-methyl/N-ethyl adjacent to an activating group) is 1. The number of aromatic nitrogens is 2. The minimum Gasteiger partial charge on any atom is -0.301 e. The van der Waals surface area contributed by atoms with Crippen LogP contribution in [0.4, 0.5) is 22.4 Å². The van der Waals surface area contributed by atoms with E-state index in [1.54, 1.807) is 36.2 Å². The predicted octanol–water partition coefficient (Wildman–Crippen LogP) is 5.45. The molecule has 2 atom stereocenters. The number of nitrogens with zero attached hydrogens (tertiary/aromatic N) is 4. The van der Waals surface area contributed by atoms with Crippen molar-refractivity contribution in [2.75, 3.05) is 20.1 Å². The molecule has 0 radical (unpaired) electrons. The van der Waals surface area contributed by atoms with Crippen molar-refractivity contribution in [3.8, 4) is 0 Å². The molecule has 2 aromatic carbocycles. The number of thioether (sulfide) groups is 1. The van der Waals surface area contributed by atoms with Gasteiger partial charge < -0.3 is 4.90 Å². The molecule has 0 bridgehead atoms. The van der Waals surface area contributed by atoms with Crippen molar-refractivity contribution in [3.63, 3.8) is 0 Å². The molecule has 0 saturated carbocycles. The summed E-state index contributed by atoms with van der Waals surface area (Å²) < 4.78 is 56.2. The Bertz CT molecular complexity index is 1410. The summed E-state index contributed by atoms with van der Waals surface area (Å²) in [6.45, 7) is 0.321. The second-order valence-corrected chi connectivity index (χ2v) is 10.2. The molecule has 2 aliphatic heterocycles. The Labute approximate surface area is 212 Å². The highest BCUT2D eigenvalue weighted by atomic mass is 35.5. The molecule has 6 nitrogen and oxygen atoms in total. The Hall–Kier alpha value is -2.89. The van der Waals surface area contributed by atoms with Crippen LogP contribution in [0.5, 0.6) is 0 Å². The van der Waals surface area contributed by atoms with Crippen LogP contribution in [0.3, 0.4) is 0 Å². The van der Waals surface area contributed by atoms with Gasteiger partial charge in [0.1, 0.15) is 6.17 Å². The second-order valence-electron chi connectivity index (χ2n) is 8.78. The minimum atomic E-state index is -4.56. The molecule has 12 heteroatoms. The molecule has 188 valence electrons. The molecule has 1 unspecified atom stereocenters. The van der Waals surface area contributed by atoms with E-state index >= 15 is 0 Å². The average Bonchev–Trinajstić information content (AvgIpc) is 3.43. The van der Waals surface area contributed by atoms with Crippen molar-refractivity contribution in [2.24, 2.45) is 0 Å². The number of halogens is 5. The van der Waals surface area contributed by atoms with Crippen molar-refractivity contribution in [1.29, 1.82) is 0 Å². The Morgan fingerprint density at radius 1 is 1.17 bits per heavy atom. The molecule has 3 aromatic rings. The van der Waals surface area contributed by atoms with Crippen molar-refractivity contribution in [3.05, 3.63) is 69.2 Å². The van der Waals surface area contributed by atoms with E-state index in [1.165, 1.54) is 23.0 Å². The lowest BCUT2D eigenvalue weighted by atomic mass is 10.1. The summed E-state index contributed by atoms with van der Waals surface area (Å²) in [6.07, 6.45) is -2.79. The SMILES string of the molecule is CN1CC(N2C(=O)S/C(=C\c3ccc4c(cnn4Cc4ccc(Cl)cc4C(F)(F)F)c3)C2=O)[C@@H](F)C1. The molecular formula is C24H19ClF4N4O2S. The molecule has 36 heavy (non-hydrogen) atoms. The quantitative estimate of drug-likeness (QED) is 0.327. The fourth-order valence-corrected chi connectivity index (χ4v) is 5.58. The third-order valence-corrected chi connectivity index (χ3v) is 7.34. The summed E-state index contributed by atoms with van der Waals surface area (Å²) in [5.41, 5.74) is 0.404. The highest BCUT2D eigenvalue weighted by Gasteiger charge is 2.46. The predicted molar refractivity (Wildman–Crippen MR) is 129 cm³/mol. The molecule has 0 spiro atoms. The molecule has 2 amide bonds. The normalized spacial score (nSPS) is 22.5. The van der Waals surface area contributed by atoms with E-state index < -0.39 is 35.1 Å². The van der Waals surface area contributed by atoms with Crippen LogP contribution in [0.15, 0.2) is 47.5 Å². The van der Waals surface area contributed by atoms with Gasteiger partial charge in [-0.05, 0) is 60.3 Å². The number of imide groups is 1. The van der Waals surface area contributed by atoms with E-state index in [0.717, 1.165) is 22.7 Å². The van der Waals surface area contributed by atoms with Crippen LogP contribution in [0.1, 0.15) is 16.7 Å². The first-order valence-corrected chi connectivity index (χ1v) is 12.1. The molecule has 3 heterocycles. The van der Waals surface area contributed by atoms with Crippen molar-refractivity contribution in [1.82, 2.24) is 19.6 Å². The lowest BCUT2D eigenvalue weighted by Crippen LogP contribution is -2.44. The lowest BCUT2D eigenvalue weighted by molar-refractivity contribution is -0.138. The maximum Gasteiger partial charge on any atom is 0.416 e. The van der Waals surface area contributed by atoms with Gasteiger partial charge in [-0.25, -0.2) is 4.39 Å². The number of hydrogen-bond donors (Lipinski definition) is 0. The van der Waals surface area contributed by atoms with Crippen LogP contribution in [0.2, 0.25) is 5.02 Å². The van der Waals surface area contributed by atoms with E-state index in [1.807, 2.05) is 0 Å². The highest BCUT2D eigenvalue weighted by molar-refractivity contribution is 8.18. The summed E-state index contributed by atoms with van der Waals surface area (Å²) in [4.78, 5) is 28.3. The Morgan fingerprint density at radius 2 is 1.94 bits per heavy atom. The standard InChI is InChI=1S/C24H19ClF4N4O2S/c1-31-11-18(26)20(12-31)33-22(34)21(36-23(33)35)7-13-2-5-19-15(6-13)9-30-32(19)10-14-3-4-16(25)8-17(14)24(27,28)29/h2-9,18,20H,10-12H2,1H3/b21-7-/t18-,20?/m0/s1. The zero-order valence-corrected chi connectivity index (χ0v) is 20.4. The summed E-state index contributed by atoms with van der Waals surface area (Å²) in [7, 11) is 1.73. The summed E-state index contributed by atoms with van der Waals surface area (Å²) in [6, 6.07) is 7.89. The Balaban J connectivity index is 1.40. The van der Waals surface area contributed by atoms with Gasteiger partial charge in [-0.2, -0.15) is 18.3 Å². The molecule has 2 fully saturated rings. The molecular weight excluding hydrogens is 520 g/mol. The number of hydrogen-bond acceptors (Lipinski definition) is 5. The van der Waals surface area contributed by atoms with Crippen molar-refractivity contribution in [2.45, 2.75) is 24.9 Å². The van der Waals surface area contributed by atoms with Crippen LogP contribution in [0, 0.1) is 0 Å². The summed E-state index contributed by atoms with van der Waals surface area (Å²) >= 11 is 6.53. The van der Waals surface area contributed by atoms with Crippen molar-refractivity contribution < 1.29 is 27.2 Å². The summed E-state index contributed by atoms with van der Waals surface area (Å²) in [5.74, 6) is -0.536. The third-order valence-electron chi connectivity index (χ3n) is 6.22. The Kier molecular flexibility index (Phi) is 6.34. The van der Waals surface area contributed by atoms with Crippen LogP contribution in [-0.2, 0) is 17.5 Å². The average molecular weight is 539 g/mol. The molecule has 2 saturated heterocycles. The third kappa shape index (κ3) is 4.62. The van der Waals surface area contributed by atoms with Gasteiger partial charge >= 0.3 is 6.18 Å². The molecule has 0 N–H and O–H groups in total. The van der Waals surface area contributed by atoms with E-state index in [4.69, 9.17) is 11.6 Å². The van der Waals surface area contributed by atoms with Gasteiger partial charge in [0.2, 0.25) is 0 Å². The van der Waals surface area contributed by atoms with E-state index in [9.17, 15) is 27.2 Å². The number of rotatable bonds is 4. The number of fused-ring (bicyclic) bond motifs is 1. The maximum absolute atomic E-state index is 14.3. The topological polar surface area (TPSA) is 58.4 Å². The minimum absolute atomic E-state index is 0.00700. The second kappa shape index (κ2) is 9.20. The zero-order chi connectivity index (χ0) is 25.8. The van der Waals surface area contributed by atoms with Gasteiger partial charge in [0, 0.05) is 23.5 Å². The number of carbonyl (C=O) groups is 2. The van der Waals surface area contributed by atoms with Crippen molar-refractivity contribution >= 4 is 51.5 Å². The molecule has 2 aliphatic rings. The first-order chi connectivity index (χ1) is 17.0.